The van der Waals surface area contributed by atoms with E-state index in [0.717, 1.165) is 43.6 Å². The monoisotopic (exact) mass is 355 g/mol. The zero-order valence-electron chi connectivity index (χ0n) is 15.0. The molecule has 0 aliphatic carbocycles. The highest BCUT2D eigenvalue weighted by Gasteiger charge is 2.41. The second-order valence-corrected chi connectivity index (χ2v) is 6.62. The fraction of sp³-hybridized carbons (Fsp3) is 0.421. The Morgan fingerprint density at radius 3 is 2.58 bits per heavy atom. The second-order valence-electron chi connectivity index (χ2n) is 6.62. The van der Waals surface area contributed by atoms with Crippen LogP contribution in [0.15, 0.2) is 42.7 Å². The van der Waals surface area contributed by atoms with Crippen LogP contribution in [0.1, 0.15) is 25.3 Å². The van der Waals surface area contributed by atoms with E-state index in [0.29, 0.717) is 6.54 Å². The van der Waals surface area contributed by atoms with Crippen LogP contribution in [0.25, 0.3) is 0 Å². The third-order valence-electron chi connectivity index (χ3n) is 4.77. The highest BCUT2D eigenvalue weighted by Crippen LogP contribution is 2.27. The number of piperidine rings is 1. The van der Waals surface area contributed by atoms with Gasteiger partial charge in [0, 0.05) is 31.5 Å². The molecule has 0 radical (unpaired) electrons. The van der Waals surface area contributed by atoms with Gasteiger partial charge in [0.1, 0.15) is 5.54 Å². The first-order chi connectivity index (χ1) is 12.6. The summed E-state index contributed by atoms with van der Waals surface area (Å²) in [5.74, 6) is -0.0616. The molecule has 0 atom stereocenters. The maximum Gasteiger partial charge on any atom is 0.248 e. The molecule has 7 nitrogen and oxygen atoms in total. The number of nitrogens with zero attached hydrogens (tertiary/aromatic N) is 2. The molecule has 0 unspecified atom stereocenters. The van der Waals surface area contributed by atoms with Gasteiger partial charge in [0.15, 0.2) is 0 Å². The number of rotatable bonds is 6. The summed E-state index contributed by atoms with van der Waals surface area (Å²) in [5.41, 5.74) is 1.28. The zero-order valence-corrected chi connectivity index (χ0v) is 15.0. The summed E-state index contributed by atoms with van der Waals surface area (Å²) in [6.45, 7) is 3.66. The Kier molecular flexibility index (Phi) is 5.68. The van der Waals surface area contributed by atoms with Crippen LogP contribution in [0.5, 0.6) is 0 Å². The van der Waals surface area contributed by atoms with E-state index in [2.05, 4.69) is 21.0 Å². The number of aromatic nitrogens is 2. The van der Waals surface area contributed by atoms with Crippen LogP contribution in [0.4, 0.5) is 5.69 Å². The molecular formula is C19H25N5O2. The van der Waals surface area contributed by atoms with Crippen LogP contribution in [-0.2, 0) is 21.5 Å². The Hall–Kier alpha value is -2.67. The zero-order chi connectivity index (χ0) is 18.4. The van der Waals surface area contributed by atoms with Gasteiger partial charge < -0.3 is 16.0 Å². The number of benzene rings is 1. The minimum absolute atomic E-state index is 0.0255. The molecule has 3 N–H and O–H groups in total. The van der Waals surface area contributed by atoms with Crippen molar-refractivity contribution in [1.82, 2.24) is 20.4 Å². The summed E-state index contributed by atoms with van der Waals surface area (Å²) >= 11 is 0. The third-order valence-corrected chi connectivity index (χ3v) is 4.77. The third kappa shape index (κ3) is 4.11. The van der Waals surface area contributed by atoms with Crippen molar-refractivity contribution in [3.63, 3.8) is 0 Å². The minimum atomic E-state index is -0.607. The molecule has 138 valence electrons. The Morgan fingerprint density at radius 1 is 1.23 bits per heavy atom. The van der Waals surface area contributed by atoms with E-state index < -0.39 is 5.54 Å². The van der Waals surface area contributed by atoms with E-state index >= 15 is 0 Å². The standard InChI is InChI=1S/C19H25N5O2/c1-15(25)23-17-5-3-16(4-6-17)7-11-21-18(26)19(8-12-20-13-9-19)24-14-2-10-22-24/h2-6,10,14,20H,7-9,11-13H2,1H3,(H,21,26)(H,23,25). The Bertz CT molecular complexity index is 734. The average molecular weight is 355 g/mol. The van der Waals surface area contributed by atoms with Crippen molar-refractivity contribution in [3.8, 4) is 0 Å². The normalized spacial score (nSPS) is 16.0. The fourth-order valence-corrected chi connectivity index (χ4v) is 3.37. The molecule has 2 heterocycles. The maximum absolute atomic E-state index is 12.9. The molecule has 1 aromatic carbocycles. The number of carbonyl (C=O) groups is 2. The first-order valence-corrected chi connectivity index (χ1v) is 8.96. The lowest BCUT2D eigenvalue weighted by molar-refractivity contribution is -0.132. The molecule has 3 rings (SSSR count). The van der Waals surface area contributed by atoms with E-state index in [9.17, 15) is 9.59 Å². The lowest BCUT2D eigenvalue weighted by Gasteiger charge is -2.36. The fourth-order valence-electron chi connectivity index (χ4n) is 3.37. The van der Waals surface area contributed by atoms with Gasteiger partial charge >= 0.3 is 0 Å². The van der Waals surface area contributed by atoms with Crippen molar-refractivity contribution in [2.45, 2.75) is 31.7 Å². The molecule has 1 aromatic heterocycles. The lowest BCUT2D eigenvalue weighted by atomic mass is 9.87. The van der Waals surface area contributed by atoms with Gasteiger partial charge in [-0.2, -0.15) is 5.10 Å². The molecule has 0 spiro atoms. The molecule has 2 aromatic rings. The second kappa shape index (κ2) is 8.14. The van der Waals surface area contributed by atoms with Gasteiger partial charge in [-0.05, 0) is 56.1 Å². The summed E-state index contributed by atoms with van der Waals surface area (Å²) in [4.78, 5) is 24.0. The van der Waals surface area contributed by atoms with E-state index in [1.807, 2.05) is 36.5 Å². The van der Waals surface area contributed by atoms with Crippen LogP contribution in [-0.4, -0.2) is 41.2 Å². The van der Waals surface area contributed by atoms with E-state index in [4.69, 9.17) is 0 Å². The molecule has 2 amide bonds. The van der Waals surface area contributed by atoms with E-state index in [1.54, 1.807) is 10.9 Å². The smallest absolute Gasteiger partial charge is 0.248 e. The number of carbonyl (C=O) groups excluding carboxylic acids is 2. The summed E-state index contributed by atoms with van der Waals surface area (Å²) in [6, 6.07) is 9.53. The summed E-state index contributed by atoms with van der Waals surface area (Å²) < 4.78 is 1.80. The van der Waals surface area contributed by atoms with Crippen LogP contribution in [0, 0.1) is 0 Å². The Balaban J connectivity index is 1.58. The topological polar surface area (TPSA) is 88.1 Å². The molecule has 1 aliphatic rings. The number of anilines is 1. The lowest BCUT2D eigenvalue weighted by Crippen LogP contribution is -2.54. The Labute approximate surface area is 153 Å². The van der Waals surface area contributed by atoms with Crippen LogP contribution < -0.4 is 16.0 Å². The maximum atomic E-state index is 12.9. The van der Waals surface area contributed by atoms with Gasteiger partial charge in [0.2, 0.25) is 11.8 Å². The highest BCUT2D eigenvalue weighted by atomic mass is 16.2. The van der Waals surface area contributed by atoms with Gasteiger partial charge in [0.25, 0.3) is 0 Å². The minimum Gasteiger partial charge on any atom is -0.354 e. The largest absolute Gasteiger partial charge is 0.354 e. The number of hydrogen-bond acceptors (Lipinski definition) is 4. The average Bonchev–Trinajstić information content (AvgIpc) is 3.18. The molecule has 0 bridgehead atoms. The van der Waals surface area contributed by atoms with Gasteiger partial charge in [-0.1, -0.05) is 12.1 Å². The molecular weight excluding hydrogens is 330 g/mol. The first kappa shape index (κ1) is 18.1. The van der Waals surface area contributed by atoms with E-state index in [-0.39, 0.29) is 11.8 Å². The van der Waals surface area contributed by atoms with Crippen molar-refractivity contribution in [1.29, 1.82) is 0 Å². The summed E-state index contributed by atoms with van der Waals surface area (Å²) in [7, 11) is 0. The molecule has 0 saturated carbocycles. The summed E-state index contributed by atoms with van der Waals surface area (Å²) in [6.07, 6.45) is 5.77. The van der Waals surface area contributed by atoms with Crippen molar-refractivity contribution in [2.75, 3.05) is 25.0 Å². The van der Waals surface area contributed by atoms with E-state index in [1.165, 1.54) is 6.92 Å². The number of hydrogen-bond donors (Lipinski definition) is 3. The Morgan fingerprint density at radius 2 is 1.96 bits per heavy atom. The molecule has 7 heteroatoms. The molecule has 1 saturated heterocycles. The summed E-state index contributed by atoms with van der Waals surface area (Å²) in [5, 5.41) is 13.5. The van der Waals surface area contributed by atoms with Crippen molar-refractivity contribution >= 4 is 17.5 Å². The van der Waals surface area contributed by atoms with Crippen molar-refractivity contribution < 1.29 is 9.59 Å². The van der Waals surface area contributed by atoms with Crippen molar-refractivity contribution in [2.24, 2.45) is 0 Å². The van der Waals surface area contributed by atoms with Crippen LogP contribution in [0.3, 0.4) is 0 Å². The molecule has 26 heavy (non-hydrogen) atoms. The SMILES string of the molecule is CC(=O)Nc1ccc(CCNC(=O)C2(n3cccn3)CCNCC2)cc1. The predicted octanol–water partition coefficient (Wildman–Crippen LogP) is 1.28. The van der Waals surface area contributed by atoms with Crippen LogP contribution >= 0.6 is 0 Å². The first-order valence-electron chi connectivity index (χ1n) is 8.96. The highest BCUT2D eigenvalue weighted by molar-refractivity contribution is 5.88. The van der Waals surface area contributed by atoms with Gasteiger partial charge in [0.05, 0.1) is 0 Å². The van der Waals surface area contributed by atoms with Crippen molar-refractivity contribution in [3.05, 3.63) is 48.3 Å². The molecule has 1 fully saturated rings. The van der Waals surface area contributed by atoms with Gasteiger partial charge in [-0.15, -0.1) is 0 Å². The predicted molar refractivity (Wildman–Crippen MR) is 99.8 cm³/mol. The number of amides is 2. The van der Waals surface area contributed by atoms with Crippen LogP contribution in [0.2, 0.25) is 0 Å². The molecule has 1 aliphatic heterocycles. The quantitative estimate of drug-likeness (QED) is 0.728. The van der Waals surface area contributed by atoms with Gasteiger partial charge in [-0.3, -0.25) is 14.3 Å². The van der Waals surface area contributed by atoms with Gasteiger partial charge in [-0.25, -0.2) is 0 Å². The number of nitrogens with one attached hydrogen (secondary N) is 3.